The van der Waals surface area contributed by atoms with Crippen LogP contribution in [0.5, 0.6) is 0 Å². The molecule has 1 amide bonds. The van der Waals surface area contributed by atoms with Crippen molar-refractivity contribution in [1.29, 1.82) is 0 Å². The quantitative estimate of drug-likeness (QED) is 0.0429. The standard InChI is InChI=1S/C40H73NO4/c1-3-5-7-9-11-13-15-17-18-19-20-21-22-23-25-26-28-30-32-34-38(43)37(36-42)41-40(45)39(44)35-33-31-29-27-24-16-14-12-10-8-6-4-2/h20-21,24-27,32,34,37-39,42-44H,3-19,22-23,28-31,33,35-36H2,1-2H3,(H,41,45)/b21-20+,26-25+,27-24-,34-32+. The van der Waals surface area contributed by atoms with Gasteiger partial charge in [0.25, 0.3) is 0 Å². The molecule has 0 spiro atoms. The summed E-state index contributed by atoms with van der Waals surface area (Å²) in [6.45, 7) is 4.12. The van der Waals surface area contributed by atoms with Crippen LogP contribution < -0.4 is 5.32 Å². The van der Waals surface area contributed by atoms with Crippen molar-refractivity contribution in [3.05, 3.63) is 48.6 Å². The zero-order chi connectivity index (χ0) is 33.1. The molecule has 3 atom stereocenters. The molecule has 0 heterocycles. The second-order valence-electron chi connectivity index (χ2n) is 12.8. The molecule has 45 heavy (non-hydrogen) atoms. The largest absolute Gasteiger partial charge is 0.394 e. The first-order valence-corrected chi connectivity index (χ1v) is 19.0. The zero-order valence-electron chi connectivity index (χ0n) is 29.5. The fourth-order valence-corrected chi connectivity index (χ4v) is 5.33. The first-order valence-electron chi connectivity index (χ1n) is 19.0. The molecule has 0 bridgehead atoms. The van der Waals surface area contributed by atoms with E-state index in [1.807, 2.05) is 6.08 Å². The topological polar surface area (TPSA) is 89.8 Å². The predicted molar refractivity (Wildman–Crippen MR) is 194 cm³/mol. The lowest BCUT2D eigenvalue weighted by Crippen LogP contribution is -2.48. The monoisotopic (exact) mass is 632 g/mol. The summed E-state index contributed by atoms with van der Waals surface area (Å²) in [6.07, 6.45) is 44.2. The summed E-state index contributed by atoms with van der Waals surface area (Å²) in [4.78, 5) is 12.4. The molecule has 4 N–H and O–H groups in total. The Kier molecular flexibility index (Phi) is 33.8. The minimum Gasteiger partial charge on any atom is -0.394 e. The number of unbranched alkanes of at least 4 members (excludes halogenated alkanes) is 19. The van der Waals surface area contributed by atoms with E-state index in [0.29, 0.717) is 6.42 Å². The van der Waals surface area contributed by atoms with Gasteiger partial charge in [-0.15, -0.1) is 0 Å². The van der Waals surface area contributed by atoms with Gasteiger partial charge in [-0.3, -0.25) is 4.79 Å². The van der Waals surface area contributed by atoms with Gasteiger partial charge in [-0.25, -0.2) is 0 Å². The van der Waals surface area contributed by atoms with Crippen molar-refractivity contribution in [1.82, 2.24) is 5.32 Å². The van der Waals surface area contributed by atoms with Gasteiger partial charge in [0.05, 0.1) is 18.8 Å². The van der Waals surface area contributed by atoms with E-state index in [1.54, 1.807) is 6.08 Å². The number of aliphatic hydroxyl groups is 3. The third kappa shape index (κ3) is 30.7. The SMILES string of the molecule is CCCCCCCC/C=C\CCCCC(O)C(=O)NC(CO)C(O)/C=C/CC/C=C/CC/C=C/CCCCCCCCCCC. The smallest absolute Gasteiger partial charge is 0.249 e. The number of carbonyl (C=O) groups excluding carboxylic acids is 1. The van der Waals surface area contributed by atoms with Crippen LogP contribution in [0.25, 0.3) is 0 Å². The van der Waals surface area contributed by atoms with Gasteiger partial charge in [0.1, 0.15) is 6.10 Å². The summed E-state index contributed by atoms with van der Waals surface area (Å²) in [5, 5.41) is 32.9. The van der Waals surface area contributed by atoms with Crippen LogP contribution in [0.2, 0.25) is 0 Å². The summed E-state index contributed by atoms with van der Waals surface area (Å²) >= 11 is 0. The average Bonchev–Trinajstić information content (AvgIpc) is 3.04. The number of carbonyl (C=O) groups is 1. The van der Waals surface area contributed by atoms with Gasteiger partial charge in [0.2, 0.25) is 5.91 Å². The van der Waals surface area contributed by atoms with Crippen molar-refractivity contribution in [2.75, 3.05) is 6.61 Å². The van der Waals surface area contributed by atoms with Crippen molar-refractivity contribution < 1.29 is 20.1 Å². The van der Waals surface area contributed by atoms with Crippen LogP contribution in [0.3, 0.4) is 0 Å². The molecule has 0 aromatic rings. The van der Waals surface area contributed by atoms with Gasteiger partial charge in [-0.2, -0.15) is 0 Å². The van der Waals surface area contributed by atoms with Crippen LogP contribution in [-0.4, -0.2) is 46.1 Å². The van der Waals surface area contributed by atoms with Gasteiger partial charge < -0.3 is 20.6 Å². The zero-order valence-corrected chi connectivity index (χ0v) is 29.5. The van der Waals surface area contributed by atoms with Gasteiger partial charge in [-0.05, 0) is 70.6 Å². The molecule has 262 valence electrons. The maximum Gasteiger partial charge on any atom is 0.249 e. The second-order valence-corrected chi connectivity index (χ2v) is 12.8. The van der Waals surface area contributed by atoms with E-state index in [9.17, 15) is 20.1 Å². The molecule has 0 aliphatic carbocycles. The van der Waals surface area contributed by atoms with E-state index in [1.165, 1.54) is 103 Å². The van der Waals surface area contributed by atoms with Gasteiger partial charge >= 0.3 is 0 Å². The lowest BCUT2D eigenvalue weighted by Gasteiger charge is -2.21. The van der Waals surface area contributed by atoms with Crippen molar-refractivity contribution in [3.63, 3.8) is 0 Å². The fraction of sp³-hybridized carbons (Fsp3) is 0.775. The number of nitrogens with one attached hydrogen (secondary N) is 1. The Morgan fingerprint density at radius 2 is 0.911 bits per heavy atom. The predicted octanol–water partition coefficient (Wildman–Crippen LogP) is 10.2. The molecule has 3 unspecified atom stereocenters. The highest BCUT2D eigenvalue weighted by molar-refractivity contribution is 5.80. The number of hydrogen-bond acceptors (Lipinski definition) is 4. The summed E-state index contributed by atoms with van der Waals surface area (Å²) in [6, 6.07) is -0.828. The molecule has 0 aromatic carbocycles. The summed E-state index contributed by atoms with van der Waals surface area (Å²) < 4.78 is 0. The number of amides is 1. The molecule has 5 nitrogen and oxygen atoms in total. The third-order valence-electron chi connectivity index (χ3n) is 8.37. The van der Waals surface area contributed by atoms with E-state index in [4.69, 9.17) is 0 Å². The molecule has 0 saturated heterocycles. The van der Waals surface area contributed by atoms with Crippen molar-refractivity contribution >= 4 is 5.91 Å². The molecule has 0 radical (unpaired) electrons. The Hall–Kier alpha value is -1.69. The Morgan fingerprint density at radius 3 is 1.36 bits per heavy atom. The maximum atomic E-state index is 12.4. The van der Waals surface area contributed by atoms with E-state index < -0.39 is 24.2 Å². The second kappa shape index (κ2) is 35.2. The highest BCUT2D eigenvalue weighted by Crippen LogP contribution is 2.12. The Labute approximate surface area is 278 Å². The summed E-state index contributed by atoms with van der Waals surface area (Å²) in [7, 11) is 0. The number of allylic oxidation sites excluding steroid dienone is 7. The number of aliphatic hydroxyl groups excluding tert-OH is 3. The fourth-order valence-electron chi connectivity index (χ4n) is 5.33. The van der Waals surface area contributed by atoms with E-state index in [2.05, 4.69) is 55.6 Å². The highest BCUT2D eigenvalue weighted by Gasteiger charge is 2.22. The van der Waals surface area contributed by atoms with Crippen LogP contribution in [0, 0.1) is 0 Å². The minimum atomic E-state index is -1.13. The Bertz CT molecular complexity index is 745. The van der Waals surface area contributed by atoms with Crippen molar-refractivity contribution in [2.45, 2.75) is 193 Å². The summed E-state index contributed by atoms with van der Waals surface area (Å²) in [5.74, 6) is -0.537. The highest BCUT2D eigenvalue weighted by atomic mass is 16.3. The molecular weight excluding hydrogens is 558 g/mol. The molecule has 0 fully saturated rings. The molecule has 0 aliphatic heterocycles. The van der Waals surface area contributed by atoms with Crippen LogP contribution in [-0.2, 0) is 4.79 Å². The van der Waals surface area contributed by atoms with E-state index in [0.717, 1.165) is 51.4 Å². The third-order valence-corrected chi connectivity index (χ3v) is 8.37. The van der Waals surface area contributed by atoms with Crippen LogP contribution in [0.15, 0.2) is 48.6 Å². The summed E-state index contributed by atoms with van der Waals surface area (Å²) in [5.41, 5.74) is 0. The van der Waals surface area contributed by atoms with Crippen molar-refractivity contribution in [3.8, 4) is 0 Å². The average molecular weight is 632 g/mol. The Balaban J connectivity index is 3.85. The lowest BCUT2D eigenvalue weighted by atomic mass is 10.1. The molecule has 0 saturated carbocycles. The first-order chi connectivity index (χ1) is 22.1. The number of hydrogen-bond donors (Lipinski definition) is 4. The van der Waals surface area contributed by atoms with E-state index in [-0.39, 0.29) is 6.61 Å². The number of rotatable bonds is 33. The van der Waals surface area contributed by atoms with Crippen LogP contribution >= 0.6 is 0 Å². The Morgan fingerprint density at radius 1 is 0.533 bits per heavy atom. The molecule has 5 heteroatoms. The molecule has 0 aliphatic rings. The van der Waals surface area contributed by atoms with E-state index >= 15 is 0 Å². The van der Waals surface area contributed by atoms with Crippen LogP contribution in [0.4, 0.5) is 0 Å². The maximum absolute atomic E-state index is 12.4. The first kappa shape index (κ1) is 43.3. The normalized spacial score (nSPS) is 14.3. The van der Waals surface area contributed by atoms with Gasteiger partial charge in [0, 0.05) is 0 Å². The van der Waals surface area contributed by atoms with Gasteiger partial charge in [-0.1, -0.05) is 152 Å². The van der Waals surface area contributed by atoms with Crippen LogP contribution in [0.1, 0.15) is 174 Å². The molecule has 0 rings (SSSR count). The van der Waals surface area contributed by atoms with Crippen molar-refractivity contribution in [2.24, 2.45) is 0 Å². The minimum absolute atomic E-state index is 0.378. The molecule has 0 aromatic heterocycles. The lowest BCUT2D eigenvalue weighted by molar-refractivity contribution is -0.131. The molecular formula is C40H73NO4. The van der Waals surface area contributed by atoms with Gasteiger partial charge in [0.15, 0.2) is 0 Å².